The van der Waals surface area contributed by atoms with Crippen molar-refractivity contribution in [1.29, 1.82) is 0 Å². The van der Waals surface area contributed by atoms with Crippen molar-refractivity contribution in [3.05, 3.63) is 39.3 Å². The van der Waals surface area contributed by atoms with Gasteiger partial charge in [0.2, 0.25) is 11.0 Å². The number of H-pyrrole nitrogens is 1. The van der Waals surface area contributed by atoms with Crippen molar-refractivity contribution >= 4 is 40.6 Å². The van der Waals surface area contributed by atoms with Crippen LogP contribution in [-0.2, 0) is 17.8 Å². The van der Waals surface area contributed by atoms with Crippen molar-refractivity contribution in [1.82, 2.24) is 20.8 Å². The molecule has 0 aliphatic rings. The third-order valence-electron chi connectivity index (χ3n) is 3.12. The quantitative estimate of drug-likeness (QED) is 0.600. The molecule has 2 rings (SSSR count). The first-order chi connectivity index (χ1) is 11.1. The first-order valence-electron chi connectivity index (χ1n) is 6.96. The number of carbonyl (C=O) groups excluding carboxylic acids is 2. The van der Waals surface area contributed by atoms with Crippen LogP contribution in [0.3, 0.4) is 0 Å². The predicted molar refractivity (Wildman–Crippen MR) is 92.0 cm³/mol. The lowest BCUT2D eigenvalue weighted by atomic mass is 10.0. The minimum atomic E-state index is -0.358. The number of anilines is 1. The van der Waals surface area contributed by atoms with E-state index in [9.17, 15) is 9.59 Å². The first kappa shape index (κ1) is 17.1. The molecule has 0 fully saturated rings. The average molecular weight is 351 g/mol. The summed E-state index contributed by atoms with van der Waals surface area (Å²) < 4.78 is 0.500. The van der Waals surface area contributed by atoms with E-state index in [1.165, 1.54) is 11.3 Å². The van der Waals surface area contributed by atoms with E-state index in [1.54, 1.807) is 7.05 Å². The van der Waals surface area contributed by atoms with Gasteiger partial charge in [-0.2, -0.15) is 0 Å². The molecule has 4 N–H and O–H groups in total. The standard InChI is InChI=1S/C14H17N5O2S2/c1-15-11(20)7-6-9-4-2-3-5-10(9)8-16-12(21)17-13-18-19-14(22)23-13/h2-5H,6-8H2,1H3,(H,15,20)(H,19,22)(H2,16,17,18,21). The maximum Gasteiger partial charge on any atom is 0.321 e. The summed E-state index contributed by atoms with van der Waals surface area (Å²) in [5, 5.41) is 14.8. The van der Waals surface area contributed by atoms with Crippen molar-refractivity contribution in [2.75, 3.05) is 12.4 Å². The normalized spacial score (nSPS) is 10.1. The van der Waals surface area contributed by atoms with Gasteiger partial charge in [0.15, 0.2) is 3.95 Å². The highest BCUT2D eigenvalue weighted by Gasteiger charge is 2.08. The van der Waals surface area contributed by atoms with Gasteiger partial charge in [-0.15, -0.1) is 5.10 Å². The summed E-state index contributed by atoms with van der Waals surface area (Å²) in [4.78, 5) is 23.2. The molecule has 122 valence electrons. The van der Waals surface area contributed by atoms with E-state index >= 15 is 0 Å². The van der Waals surface area contributed by atoms with Crippen LogP contribution in [0.15, 0.2) is 24.3 Å². The van der Waals surface area contributed by atoms with E-state index in [-0.39, 0.29) is 11.9 Å². The number of amides is 3. The first-order valence-corrected chi connectivity index (χ1v) is 8.18. The number of nitrogens with zero attached hydrogens (tertiary/aromatic N) is 1. The van der Waals surface area contributed by atoms with E-state index < -0.39 is 0 Å². The fourth-order valence-electron chi connectivity index (χ4n) is 1.95. The Morgan fingerprint density at radius 2 is 2.04 bits per heavy atom. The van der Waals surface area contributed by atoms with Crippen molar-refractivity contribution in [3.63, 3.8) is 0 Å². The second kappa shape index (κ2) is 8.39. The molecule has 0 saturated heterocycles. The molecule has 0 spiro atoms. The van der Waals surface area contributed by atoms with Gasteiger partial charge in [0.25, 0.3) is 0 Å². The number of benzene rings is 1. The molecular formula is C14H17N5O2S2. The van der Waals surface area contributed by atoms with E-state index in [0.717, 1.165) is 11.1 Å². The zero-order valence-corrected chi connectivity index (χ0v) is 14.1. The molecule has 0 atom stereocenters. The third kappa shape index (κ3) is 5.46. The van der Waals surface area contributed by atoms with Gasteiger partial charge in [0.1, 0.15) is 0 Å². The van der Waals surface area contributed by atoms with Gasteiger partial charge in [-0.05, 0) is 29.8 Å². The van der Waals surface area contributed by atoms with Gasteiger partial charge in [0, 0.05) is 20.0 Å². The lowest BCUT2D eigenvalue weighted by Crippen LogP contribution is -2.28. The van der Waals surface area contributed by atoms with E-state index in [4.69, 9.17) is 12.2 Å². The zero-order valence-electron chi connectivity index (χ0n) is 12.5. The zero-order chi connectivity index (χ0) is 16.7. The van der Waals surface area contributed by atoms with Crippen LogP contribution in [0.2, 0.25) is 0 Å². The number of carbonyl (C=O) groups is 2. The van der Waals surface area contributed by atoms with Crippen LogP contribution in [0.25, 0.3) is 0 Å². The fraction of sp³-hybridized carbons (Fsp3) is 0.286. The molecule has 0 radical (unpaired) electrons. The summed E-state index contributed by atoms with van der Waals surface area (Å²) in [6, 6.07) is 7.34. The lowest BCUT2D eigenvalue weighted by Gasteiger charge is -2.10. The summed E-state index contributed by atoms with van der Waals surface area (Å²) in [5.41, 5.74) is 2.01. The summed E-state index contributed by atoms with van der Waals surface area (Å²) in [7, 11) is 1.62. The number of aromatic amines is 1. The largest absolute Gasteiger partial charge is 0.359 e. The molecule has 9 heteroatoms. The van der Waals surface area contributed by atoms with Gasteiger partial charge in [0.05, 0.1) is 0 Å². The van der Waals surface area contributed by atoms with Gasteiger partial charge in [-0.1, -0.05) is 35.6 Å². The molecular weight excluding hydrogens is 334 g/mol. The van der Waals surface area contributed by atoms with Crippen LogP contribution in [0.1, 0.15) is 17.5 Å². The van der Waals surface area contributed by atoms with E-state index in [0.29, 0.717) is 28.5 Å². The molecule has 2 aromatic rings. The van der Waals surface area contributed by atoms with Crippen molar-refractivity contribution < 1.29 is 9.59 Å². The summed E-state index contributed by atoms with van der Waals surface area (Å²) in [6.07, 6.45) is 1.04. The highest BCUT2D eigenvalue weighted by atomic mass is 32.1. The number of hydrogen-bond acceptors (Lipinski definition) is 5. The maximum absolute atomic E-state index is 11.9. The SMILES string of the molecule is CNC(=O)CCc1ccccc1CNC(=O)Nc1n[nH]c(=S)s1. The number of aromatic nitrogens is 2. The van der Waals surface area contributed by atoms with Gasteiger partial charge < -0.3 is 10.6 Å². The number of hydrogen-bond donors (Lipinski definition) is 4. The topological polar surface area (TPSA) is 98.9 Å². The summed E-state index contributed by atoms with van der Waals surface area (Å²) >= 11 is 6.09. The van der Waals surface area contributed by atoms with Gasteiger partial charge >= 0.3 is 6.03 Å². The van der Waals surface area contributed by atoms with Crippen LogP contribution < -0.4 is 16.0 Å². The van der Waals surface area contributed by atoms with Crippen LogP contribution in [0.5, 0.6) is 0 Å². The number of urea groups is 1. The Morgan fingerprint density at radius 1 is 1.30 bits per heavy atom. The molecule has 3 amide bonds. The van der Waals surface area contributed by atoms with Crippen molar-refractivity contribution in [2.45, 2.75) is 19.4 Å². The van der Waals surface area contributed by atoms with Crippen LogP contribution >= 0.6 is 23.6 Å². The average Bonchev–Trinajstić information content (AvgIpc) is 2.96. The van der Waals surface area contributed by atoms with Crippen LogP contribution in [0.4, 0.5) is 9.93 Å². The molecule has 0 saturated carbocycles. The molecule has 0 bridgehead atoms. The van der Waals surface area contributed by atoms with Crippen molar-refractivity contribution in [3.8, 4) is 0 Å². The van der Waals surface area contributed by atoms with Crippen molar-refractivity contribution in [2.24, 2.45) is 0 Å². The predicted octanol–water partition coefficient (Wildman–Crippen LogP) is 2.20. The van der Waals surface area contributed by atoms with E-state index in [2.05, 4.69) is 26.1 Å². The van der Waals surface area contributed by atoms with Crippen LogP contribution in [0, 0.1) is 3.95 Å². The Balaban J connectivity index is 1.90. The molecule has 1 heterocycles. The minimum absolute atomic E-state index is 0.00903. The summed E-state index contributed by atoms with van der Waals surface area (Å²) in [5.74, 6) is -0.00903. The number of rotatable bonds is 6. The highest BCUT2D eigenvalue weighted by molar-refractivity contribution is 7.73. The monoisotopic (exact) mass is 351 g/mol. The fourth-order valence-corrected chi connectivity index (χ4v) is 2.73. The molecule has 23 heavy (non-hydrogen) atoms. The highest BCUT2D eigenvalue weighted by Crippen LogP contribution is 2.12. The Morgan fingerprint density at radius 3 is 2.70 bits per heavy atom. The molecule has 1 aromatic heterocycles. The molecule has 1 aromatic carbocycles. The second-order valence-electron chi connectivity index (χ2n) is 4.67. The van der Waals surface area contributed by atoms with E-state index in [1.807, 2.05) is 24.3 Å². The lowest BCUT2D eigenvalue weighted by molar-refractivity contribution is -0.120. The van der Waals surface area contributed by atoms with Gasteiger partial charge in [-0.3, -0.25) is 15.2 Å². The Labute approximate surface area is 142 Å². The molecule has 0 aliphatic heterocycles. The molecule has 0 unspecified atom stereocenters. The number of aryl methyl sites for hydroxylation is 1. The second-order valence-corrected chi connectivity index (χ2v) is 6.33. The van der Waals surface area contributed by atoms with Gasteiger partial charge in [-0.25, -0.2) is 4.79 Å². The van der Waals surface area contributed by atoms with Crippen LogP contribution in [-0.4, -0.2) is 29.2 Å². The molecule has 0 aliphatic carbocycles. The Hall–Kier alpha value is -2.26. The maximum atomic E-state index is 11.9. The molecule has 7 nitrogen and oxygen atoms in total. The Bertz CT molecular complexity index is 741. The number of nitrogens with one attached hydrogen (secondary N) is 4. The smallest absolute Gasteiger partial charge is 0.321 e. The summed E-state index contributed by atoms with van der Waals surface area (Å²) in [6.45, 7) is 0.367. The minimum Gasteiger partial charge on any atom is -0.359 e. The Kier molecular flexibility index (Phi) is 6.24. The third-order valence-corrected chi connectivity index (χ3v) is 4.12.